The number of nitrogens with zero attached hydrogens (tertiary/aromatic N) is 3. The molecule has 3 rings (SSSR count). The molecule has 0 radical (unpaired) electrons. The van der Waals surface area contributed by atoms with Crippen molar-refractivity contribution >= 4 is 5.91 Å². The van der Waals surface area contributed by atoms with Crippen LogP contribution in [0.3, 0.4) is 0 Å². The number of hydrogen-bond acceptors (Lipinski definition) is 5. The van der Waals surface area contributed by atoms with Crippen LogP contribution >= 0.6 is 0 Å². The first-order valence-electron chi connectivity index (χ1n) is 7.55. The van der Waals surface area contributed by atoms with Crippen molar-refractivity contribution in [2.75, 3.05) is 6.54 Å². The van der Waals surface area contributed by atoms with Crippen molar-refractivity contribution in [3.8, 4) is 11.5 Å². The van der Waals surface area contributed by atoms with Gasteiger partial charge in [0.05, 0.1) is 11.8 Å². The first kappa shape index (κ1) is 14.8. The molecule has 1 saturated heterocycles. The Balaban J connectivity index is 1.76. The maximum Gasteiger partial charge on any atom is 0.273 e. The Morgan fingerprint density at radius 1 is 1.55 bits per heavy atom. The van der Waals surface area contributed by atoms with Crippen LogP contribution in [0.4, 0.5) is 0 Å². The zero-order valence-corrected chi connectivity index (χ0v) is 13.1. The summed E-state index contributed by atoms with van der Waals surface area (Å²) in [6, 6.07) is 0.391. The average molecular weight is 303 g/mol. The minimum atomic E-state index is -0.183. The minimum Gasteiger partial charge on any atom is -0.440 e. The molecular formula is C15H21N5O2. The highest BCUT2D eigenvalue weighted by Gasteiger charge is 2.25. The molecule has 0 aromatic carbocycles. The third-order valence-corrected chi connectivity index (χ3v) is 4.04. The molecule has 1 aliphatic rings. The van der Waals surface area contributed by atoms with E-state index in [1.807, 2.05) is 7.05 Å². The maximum absolute atomic E-state index is 12.4. The van der Waals surface area contributed by atoms with Gasteiger partial charge < -0.3 is 15.1 Å². The number of nitrogens with one attached hydrogen (secondary N) is 2. The summed E-state index contributed by atoms with van der Waals surface area (Å²) < 4.78 is 7.28. The molecule has 2 aromatic rings. The molecule has 1 aliphatic heterocycles. The summed E-state index contributed by atoms with van der Waals surface area (Å²) in [5.74, 6) is 0.760. The minimum absolute atomic E-state index is 0.124. The first-order chi connectivity index (χ1) is 10.5. The van der Waals surface area contributed by atoms with Gasteiger partial charge in [0.2, 0.25) is 5.89 Å². The van der Waals surface area contributed by atoms with Gasteiger partial charge in [-0.2, -0.15) is 5.10 Å². The number of hydrogen-bond donors (Lipinski definition) is 2. The van der Waals surface area contributed by atoms with E-state index in [2.05, 4.69) is 27.6 Å². The van der Waals surface area contributed by atoms with Crippen molar-refractivity contribution in [3.63, 3.8) is 0 Å². The van der Waals surface area contributed by atoms with E-state index < -0.39 is 0 Å². The Morgan fingerprint density at radius 3 is 3.05 bits per heavy atom. The summed E-state index contributed by atoms with van der Waals surface area (Å²) in [4.78, 5) is 16.8. The lowest BCUT2D eigenvalue weighted by Gasteiger charge is -2.30. The predicted octanol–water partition coefficient (Wildman–Crippen LogP) is 1.25. The fourth-order valence-electron chi connectivity index (χ4n) is 2.74. The van der Waals surface area contributed by atoms with Crippen LogP contribution in [0.1, 0.15) is 36.0 Å². The van der Waals surface area contributed by atoms with Gasteiger partial charge in [-0.15, -0.1) is 0 Å². The lowest BCUT2D eigenvalue weighted by Crippen LogP contribution is -2.52. The third kappa shape index (κ3) is 2.89. The highest BCUT2D eigenvalue weighted by Crippen LogP contribution is 2.21. The number of carbonyl (C=O) groups excluding carboxylic acids is 1. The van der Waals surface area contributed by atoms with E-state index in [9.17, 15) is 4.79 Å². The van der Waals surface area contributed by atoms with Gasteiger partial charge in [0.1, 0.15) is 5.76 Å². The molecule has 1 fully saturated rings. The molecule has 0 bridgehead atoms. The lowest BCUT2D eigenvalue weighted by molar-refractivity contribution is 0.0914. The molecule has 0 saturated carbocycles. The Kier molecular flexibility index (Phi) is 3.98. The van der Waals surface area contributed by atoms with Gasteiger partial charge in [-0.3, -0.25) is 9.48 Å². The Hall–Kier alpha value is -2.15. The summed E-state index contributed by atoms with van der Waals surface area (Å²) in [6.45, 7) is 4.84. The second kappa shape index (κ2) is 5.92. The number of amides is 1. The molecule has 2 unspecified atom stereocenters. The standard InChI is InChI=1S/C15H21N5O2/c1-9-12(5-4-6-16-9)18-14(21)13-10(2)22-15(19-13)11-7-17-20(3)8-11/h7-9,12,16H,4-6H2,1-3H3,(H,18,21). The summed E-state index contributed by atoms with van der Waals surface area (Å²) in [5.41, 5.74) is 1.11. The van der Waals surface area contributed by atoms with Gasteiger partial charge in [0, 0.05) is 25.3 Å². The van der Waals surface area contributed by atoms with Crippen LogP contribution in [-0.4, -0.2) is 39.3 Å². The smallest absolute Gasteiger partial charge is 0.273 e. The van der Waals surface area contributed by atoms with Crippen molar-refractivity contribution in [1.82, 2.24) is 25.4 Å². The second-order valence-corrected chi connectivity index (χ2v) is 5.79. The fraction of sp³-hybridized carbons (Fsp3) is 0.533. The molecule has 2 N–H and O–H groups in total. The lowest BCUT2D eigenvalue weighted by atomic mass is 10.00. The molecule has 7 heteroatoms. The molecule has 2 atom stereocenters. The topological polar surface area (TPSA) is 85.0 Å². The molecule has 2 aromatic heterocycles. The second-order valence-electron chi connectivity index (χ2n) is 5.79. The first-order valence-corrected chi connectivity index (χ1v) is 7.55. The van der Waals surface area contributed by atoms with Crippen molar-refractivity contribution < 1.29 is 9.21 Å². The monoisotopic (exact) mass is 303 g/mol. The van der Waals surface area contributed by atoms with Gasteiger partial charge in [-0.25, -0.2) is 4.98 Å². The summed E-state index contributed by atoms with van der Waals surface area (Å²) in [7, 11) is 1.82. The van der Waals surface area contributed by atoms with Gasteiger partial charge in [0.15, 0.2) is 5.69 Å². The number of carbonyl (C=O) groups is 1. The average Bonchev–Trinajstić information content (AvgIpc) is 3.07. The number of rotatable bonds is 3. The Labute approximate surface area is 129 Å². The van der Waals surface area contributed by atoms with Crippen LogP contribution in [0, 0.1) is 6.92 Å². The fourth-order valence-corrected chi connectivity index (χ4v) is 2.74. The molecule has 0 aliphatic carbocycles. The van der Waals surface area contributed by atoms with Crippen LogP contribution in [0.15, 0.2) is 16.8 Å². The number of aromatic nitrogens is 3. The van der Waals surface area contributed by atoms with Crippen molar-refractivity contribution in [2.45, 2.75) is 38.8 Å². The Morgan fingerprint density at radius 2 is 2.36 bits per heavy atom. The van der Waals surface area contributed by atoms with Crippen LogP contribution in [0.2, 0.25) is 0 Å². The van der Waals surface area contributed by atoms with E-state index >= 15 is 0 Å². The Bertz CT molecular complexity index is 675. The van der Waals surface area contributed by atoms with E-state index in [1.54, 1.807) is 24.0 Å². The summed E-state index contributed by atoms with van der Waals surface area (Å²) in [5, 5.41) is 10.5. The van der Waals surface area contributed by atoms with Crippen LogP contribution in [-0.2, 0) is 7.05 Å². The van der Waals surface area contributed by atoms with Gasteiger partial charge >= 0.3 is 0 Å². The van der Waals surface area contributed by atoms with Crippen LogP contribution in [0.25, 0.3) is 11.5 Å². The van der Waals surface area contributed by atoms with E-state index in [4.69, 9.17) is 4.42 Å². The van der Waals surface area contributed by atoms with E-state index in [1.165, 1.54) is 0 Å². The number of oxazole rings is 1. The number of aryl methyl sites for hydroxylation is 2. The van der Waals surface area contributed by atoms with E-state index in [0.717, 1.165) is 24.9 Å². The molecule has 1 amide bonds. The van der Waals surface area contributed by atoms with Gasteiger partial charge in [0.25, 0.3) is 5.91 Å². The summed E-state index contributed by atoms with van der Waals surface area (Å²) >= 11 is 0. The highest BCUT2D eigenvalue weighted by molar-refractivity contribution is 5.93. The zero-order valence-electron chi connectivity index (χ0n) is 13.1. The zero-order chi connectivity index (χ0) is 15.7. The van der Waals surface area contributed by atoms with Crippen molar-refractivity contribution in [3.05, 3.63) is 23.8 Å². The third-order valence-electron chi connectivity index (χ3n) is 4.04. The molecular weight excluding hydrogens is 282 g/mol. The quantitative estimate of drug-likeness (QED) is 0.891. The van der Waals surface area contributed by atoms with E-state index in [-0.39, 0.29) is 18.0 Å². The highest BCUT2D eigenvalue weighted by atomic mass is 16.4. The number of piperidine rings is 1. The largest absolute Gasteiger partial charge is 0.440 e. The predicted molar refractivity (Wildman–Crippen MR) is 81.4 cm³/mol. The SMILES string of the molecule is Cc1oc(-c2cnn(C)c2)nc1C(=O)NC1CCCNC1C. The van der Waals surface area contributed by atoms with E-state index in [0.29, 0.717) is 17.3 Å². The molecule has 3 heterocycles. The van der Waals surface area contributed by atoms with Gasteiger partial charge in [-0.05, 0) is 33.2 Å². The van der Waals surface area contributed by atoms with Crippen LogP contribution in [0.5, 0.6) is 0 Å². The van der Waals surface area contributed by atoms with Crippen molar-refractivity contribution in [1.29, 1.82) is 0 Å². The maximum atomic E-state index is 12.4. The molecule has 7 nitrogen and oxygen atoms in total. The van der Waals surface area contributed by atoms with Crippen LogP contribution < -0.4 is 10.6 Å². The molecule has 0 spiro atoms. The van der Waals surface area contributed by atoms with Gasteiger partial charge in [-0.1, -0.05) is 0 Å². The molecule has 118 valence electrons. The van der Waals surface area contributed by atoms with Crippen molar-refractivity contribution in [2.24, 2.45) is 7.05 Å². The normalized spacial score (nSPS) is 21.8. The molecule has 22 heavy (non-hydrogen) atoms. The summed E-state index contributed by atoms with van der Waals surface area (Å²) in [6.07, 6.45) is 5.51.